The molecule has 0 aromatic heterocycles. The molecule has 25 heavy (non-hydrogen) atoms. The van der Waals surface area contributed by atoms with Crippen LogP contribution in [-0.4, -0.2) is 24.0 Å². The summed E-state index contributed by atoms with van der Waals surface area (Å²) < 4.78 is 26.2. The summed E-state index contributed by atoms with van der Waals surface area (Å²) in [7, 11) is -1.64. The van der Waals surface area contributed by atoms with Crippen LogP contribution in [0, 0.1) is 13.8 Å². The molecule has 0 saturated carbocycles. The lowest BCUT2D eigenvalue weighted by molar-refractivity contribution is 0.276. The molecule has 0 aliphatic rings. The summed E-state index contributed by atoms with van der Waals surface area (Å²) in [6, 6.07) is 8.82. The average molecular weight is 364 g/mol. The fraction of sp³-hybridized carbons (Fsp3) is 0.222. The lowest BCUT2D eigenvalue weighted by Gasteiger charge is -2.11. The van der Waals surface area contributed by atoms with Gasteiger partial charge >= 0.3 is 7.82 Å². The summed E-state index contributed by atoms with van der Waals surface area (Å²) in [5, 5.41) is 0. The van der Waals surface area contributed by atoms with Gasteiger partial charge in [0.15, 0.2) is 11.5 Å². The predicted octanol–water partition coefficient (Wildman–Crippen LogP) is 3.96. The number of ether oxygens (including phenoxy) is 2. The van der Waals surface area contributed by atoms with Gasteiger partial charge in [-0.1, -0.05) is 24.3 Å². The van der Waals surface area contributed by atoms with Gasteiger partial charge in [-0.15, -0.1) is 0 Å². The van der Waals surface area contributed by atoms with Crippen molar-refractivity contribution in [3.8, 4) is 17.2 Å². The fourth-order valence-electron chi connectivity index (χ4n) is 2.35. The molecule has 0 fully saturated rings. The quantitative estimate of drug-likeness (QED) is 0.596. The molecule has 0 radical (unpaired) electrons. The lowest BCUT2D eigenvalue weighted by atomic mass is 10.0. The van der Waals surface area contributed by atoms with Crippen molar-refractivity contribution in [2.45, 2.75) is 13.8 Å². The maximum atomic E-state index is 11.1. The predicted molar refractivity (Wildman–Crippen MR) is 97.1 cm³/mol. The van der Waals surface area contributed by atoms with Gasteiger partial charge in [0.2, 0.25) is 0 Å². The first-order valence-corrected chi connectivity index (χ1v) is 9.03. The van der Waals surface area contributed by atoms with Crippen molar-refractivity contribution in [1.29, 1.82) is 0 Å². The minimum atomic E-state index is -4.67. The highest BCUT2D eigenvalue weighted by atomic mass is 31.2. The molecular formula is C18H21O6P. The van der Waals surface area contributed by atoms with Crippen molar-refractivity contribution >= 4 is 20.0 Å². The molecule has 0 spiro atoms. The number of hydrogen-bond donors (Lipinski definition) is 2. The van der Waals surface area contributed by atoms with Crippen LogP contribution in [0.15, 0.2) is 30.3 Å². The Hall–Kier alpha value is -2.27. The third-order valence-corrected chi connectivity index (χ3v) is 4.17. The topological polar surface area (TPSA) is 85.2 Å². The molecule has 0 aliphatic heterocycles. The van der Waals surface area contributed by atoms with Gasteiger partial charge in [-0.05, 0) is 54.3 Å². The van der Waals surface area contributed by atoms with E-state index in [1.807, 2.05) is 38.1 Å². The van der Waals surface area contributed by atoms with Crippen LogP contribution >= 0.6 is 7.82 Å². The van der Waals surface area contributed by atoms with E-state index in [9.17, 15) is 4.57 Å². The number of phosphoric ester groups is 1. The fourth-order valence-corrected chi connectivity index (χ4v) is 2.75. The molecule has 2 aromatic rings. The monoisotopic (exact) mass is 364 g/mol. The third-order valence-electron chi connectivity index (χ3n) is 3.74. The summed E-state index contributed by atoms with van der Waals surface area (Å²) in [6.45, 7) is 4.01. The molecule has 0 saturated heterocycles. The van der Waals surface area contributed by atoms with E-state index < -0.39 is 7.82 Å². The van der Waals surface area contributed by atoms with Gasteiger partial charge in [0.1, 0.15) is 5.75 Å². The number of hydrogen-bond acceptors (Lipinski definition) is 4. The summed E-state index contributed by atoms with van der Waals surface area (Å²) in [6.07, 6.45) is 3.70. The second kappa shape index (κ2) is 7.74. The Morgan fingerprint density at radius 3 is 2.08 bits per heavy atom. The first kappa shape index (κ1) is 19.1. The molecular weight excluding hydrogens is 343 g/mol. The second-order valence-electron chi connectivity index (χ2n) is 5.49. The van der Waals surface area contributed by atoms with Crippen molar-refractivity contribution in [1.82, 2.24) is 0 Å². The molecule has 7 heteroatoms. The molecule has 0 heterocycles. The van der Waals surface area contributed by atoms with E-state index in [2.05, 4.69) is 4.52 Å². The molecule has 2 aromatic carbocycles. The zero-order chi connectivity index (χ0) is 18.6. The molecule has 2 N–H and O–H groups in total. The van der Waals surface area contributed by atoms with E-state index in [4.69, 9.17) is 19.3 Å². The maximum Gasteiger partial charge on any atom is 0.524 e. The van der Waals surface area contributed by atoms with E-state index in [1.54, 1.807) is 19.2 Å². The van der Waals surface area contributed by atoms with E-state index in [1.165, 1.54) is 13.2 Å². The van der Waals surface area contributed by atoms with Crippen LogP contribution in [0.2, 0.25) is 0 Å². The van der Waals surface area contributed by atoms with Gasteiger partial charge in [-0.3, -0.25) is 9.79 Å². The van der Waals surface area contributed by atoms with Gasteiger partial charge in [-0.25, -0.2) is 4.57 Å². The van der Waals surface area contributed by atoms with Crippen molar-refractivity contribution in [3.63, 3.8) is 0 Å². The summed E-state index contributed by atoms with van der Waals surface area (Å²) in [4.78, 5) is 18.0. The Balaban J connectivity index is 2.34. The first-order valence-electron chi connectivity index (χ1n) is 7.50. The van der Waals surface area contributed by atoms with Crippen LogP contribution in [0.1, 0.15) is 22.3 Å². The highest BCUT2D eigenvalue weighted by molar-refractivity contribution is 7.46. The Morgan fingerprint density at radius 1 is 0.880 bits per heavy atom. The minimum absolute atomic E-state index is 0.0179. The van der Waals surface area contributed by atoms with Crippen molar-refractivity contribution in [2.24, 2.45) is 0 Å². The molecule has 0 bridgehead atoms. The van der Waals surface area contributed by atoms with Crippen molar-refractivity contribution < 1.29 is 28.3 Å². The van der Waals surface area contributed by atoms with Crippen LogP contribution in [0.25, 0.3) is 12.2 Å². The Kier molecular flexibility index (Phi) is 5.90. The van der Waals surface area contributed by atoms with Crippen molar-refractivity contribution in [2.75, 3.05) is 14.2 Å². The van der Waals surface area contributed by atoms with Crippen LogP contribution in [0.5, 0.6) is 17.2 Å². The first-order chi connectivity index (χ1) is 11.7. The Bertz CT molecular complexity index is 838. The van der Waals surface area contributed by atoms with E-state index in [0.717, 1.165) is 22.4 Å². The highest BCUT2D eigenvalue weighted by Crippen LogP contribution is 2.42. The number of benzene rings is 2. The Morgan fingerprint density at radius 2 is 1.48 bits per heavy atom. The highest BCUT2D eigenvalue weighted by Gasteiger charge is 2.19. The normalized spacial score (nSPS) is 11.6. The molecule has 0 amide bonds. The van der Waals surface area contributed by atoms with E-state index in [-0.39, 0.29) is 11.5 Å². The number of phosphoric acid groups is 1. The zero-order valence-corrected chi connectivity index (χ0v) is 15.4. The van der Waals surface area contributed by atoms with Crippen LogP contribution in [-0.2, 0) is 4.57 Å². The summed E-state index contributed by atoms with van der Waals surface area (Å²) >= 11 is 0. The molecule has 2 rings (SSSR count). The molecule has 134 valence electrons. The standard InChI is InChI=1S/C18H21O6P/c1-12-9-15(11-17(23-4)13(12)2)6-5-14-7-8-16(22-3)18(10-14)24-25(19,20)21/h5-11H,1-4H3,(H2,19,20,21)/b6-5-. The minimum Gasteiger partial charge on any atom is -0.496 e. The zero-order valence-electron chi connectivity index (χ0n) is 14.5. The molecule has 0 unspecified atom stereocenters. The van der Waals surface area contributed by atoms with Gasteiger partial charge in [0, 0.05) is 0 Å². The summed E-state index contributed by atoms with van der Waals surface area (Å²) in [5.41, 5.74) is 3.86. The number of aryl methyl sites for hydroxylation is 1. The third kappa shape index (κ3) is 5.10. The summed E-state index contributed by atoms with van der Waals surface area (Å²) in [5.74, 6) is 1.03. The average Bonchev–Trinajstić information content (AvgIpc) is 2.54. The molecule has 6 nitrogen and oxygen atoms in total. The molecule has 0 atom stereocenters. The second-order valence-corrected chi connectivity index (χ2v) is 6.65. The van der Waals surface area contributed by atoms with Gasteiger partial charge in [-0.2, -0.15) is 0 Å². The van der Waals surface area contributed by atoms with Gasteiger partial charge in [0.05, 0.1) is 14.2 Å². The molecule has 0 aliphatic carbocycles. The van der Waals surface area contributed by atoms with Crippen LogP contribution < -0.4 is 14.0 Å². The SMILES string of the molecule is COc1ccc(/C=C\c2cc(C)c(C)c(OC)c2)cc1OP(=O)(O)O. The maximum absolute atomic E-state index is 11.1. The lowest BCUT2D eigenvalue weighted by Crippen LogP contribution is -1.94. The largest absolute Gasteiger partial charge is 0.524 e. The smallest absolute Gasteiger partial charge is 0.496 e. The van der Waals surface area contributed by atoms with Crippen LogP contribution in [0.4, 0.5) is 0 Å². The Labute approximate surface area is 146 Å². The number of rotatable bonds is 6. The van der Waals surface area contributed by atoms with E-state index in [0.29, 0.717) is 5.56 Å². The van der Waals surface area contributed by atoms with Crippen LogP contribution in [0.3, 0.4) is 0 Å². The van der Waals surface area contributed by atoms with Crippen molar-refractivity contribution in [3.05, 3.63) is 52.6 Å². The van der Waals surface area contributed by atoms with Gasteiger partial charge < -0.3 is 14.0 Å². The van der Waals surface area contributed by atoms with Gasteiger partial charge in [0.25, 0.3) is 0 Å². The van der Waals surface area contributed by atoms with E-state index >= 15 is 0 Å². The number of methoxy groups -OCH3 is 2.